The Balaban J connectivity index is 1.57. The van der Waals surface area contributed by atoms with Gasteiger partial charge in [-0.15, -0.1) is 0 Å². The van der Waals surface area contributed by atoms with Crippen molar-refractivity contribution in [3.63, 3.8) is 0 Å². The van der Waals surface area contributed by atoms with Crippen LogP contribution < -0.4 is 5.32 Å². The fourth-order valence-corrected chi connectivity index (χ4v) is 3.77. The summed E-state index contributed by atoms with van der Waals surface area (Å²) in [6, 6.07) is 0.605. The van der Waals surface area contributed by atoms with Crippen LogP contribution in [0.1, 0.15) is 35.5 Å². The van der Waals surface area contributed by atoms with Crippen molar-refractivity contribution in [1.29, 1.82) is 0 Å². The number of anilines is 1. The van der Waals surface area contributed by atoms with E-state index in [4.69, 9.17) is 0 Å². The van der Waals surface area contributed by atoms with E-state index in [0.717, 1.165) is 6.07 Å². The number of urea groups is 1. The summed E-state index contributed by atoms with van der Waals surface area (Å²) in [6.07, 6.45) is -5.10. The van der Waals surface area contributed by atoms with E-state index < -0.39 is 41.9 Å². The Bertz CT molecular complexity index is 1060. The maximum atomic E-state index is 14.7. The summed E-state index contributed by atoms with van der Waals surface area (Å²) in [5.41, 5.74) is -0.724. The number of hydrogen-bond donors (Lipinski definition) is 1. The average molecular weight is 445 g/mol. The lowest BCUT2D eigenvalue weighted by Gasteiger charge is -2.28. The molecule has 0 bridgehead atoms. The van der Waals surface area contributed by atoms with Crippen LogP contribution in [0.25, 0.3) is 0 Å². The molecule has 0 saturated heterocycles. The molecule has 0 fully saturated rings. The SMILES string of the molecule is C=C1CCC(F)(F)c2c3c(nn2C1)CCN(C(=O)Nc1ccc(F)c(C(F)(F)F)n1)C3. The first-order valence-electron chi connectivity index (χ1n) is 9.39. The predicted octanol–water partition coefficient (Wildman–Crippen LogP) is 4.47. The van der Waals surface area contributed by atoms with Gasteiger partial charge in [0.15, 0.2) is 11.5 Å². The van der Waals surface area contributed by atoms with Gasteiger partial charge < -0.3 is 4.90 Å². The van der Waals surface area contributed by atoms with Gasteiger partial charge in [-0.1, -0.05) is 12.2 Å². The summed E-state index contributed by atoms with van der Waals surface area (Å²) in [7, 11) is 0. The molecule has 0 unspecified atom stereocenters. The van der Waals surface area contributed by atoms with Crippen LogP contribution in [0.2, 0.25) is 0 Å². The van der Waals surface area contributed by atoms with E-state index in [-0.39, 0.29) is 43.7 Å². The Kier molecular flexibility index (Phi) is 4.97. The molecule has 0 aliphatic carbocycles. The summed E-state index contributed by atoms with van der Waals surface area (Å²) >= 11 is 0. The second-order valence-electron chi connectivity index (χ2n) is 7.51. The number of rotatable bonds is 1. The van der Waals surface area contributed by atoms with Gasteiger partial charge in [0.25, 0.3) is 5.92 Å². The van der Waals surface area contributed by atoms with Crippen LogP contribution >= 0.6 is 0 Å². The Morgan fingerprint density at radius 2 is 1.94 bits per heavy atom. The molecule has 0 atom stereocenters. The van der Waals surface area contributed by atoms with Gasteiger partial charge in [0.2, 0.25) is 0 Å². The number of nitrogens with one attached hydrogen (secondary N) is 1. The second-order valence-corrected chi connectivity index (χ2v) is 7.51. The van der Waals surface area contributed by atoms with E-state index >= 15 is 0 Å². The number of allylic oxidation sites excluding steroid dienone is 1. The van der Waals surface area contributed by atoms with E-state index in [2.05, 4.69) is 22.0 Å². The molecule has 4 rings (SSSR count). The predicted molar refractivity (Wildman–Crippen MR) is 96.8 cm³/mol. The normalized spacial score (nSPS) is 18.3. The molecule has 2 aliphatic rings. The number of nitrogens with zero attached hydrogens (tertiary/aromatic N) is 4. The van der Waals surface area contributed by atoms with Gasteiger partial charge >= 0.3 is 12.2 Å². The molecule has 0 spiro atoms. The van der Waals surface area contributed by atoms with Crippen LogP contribution in [0.5, 0.6) is 0 Å². The van der Waals surface area contributed by atoms with E-state index in [1.54, 1.807) is 0 Å². The zero-order valence-electron chi connectivity index (χ0n) is 16.1. The third kappa shape index (κ3) is 3.98. The Labute approximate surface area is 172 Å². The van der Waals surface area contributed by atoms with Crippen molar-refractivity contribution >= 4 is 11.8 Å². The third-order valence-electron chi connectivity index (χ3n) is 5.25. The first kappa shape index (κ1) is 21.2. The van der Waals surface area contributed by atoms with Crippen LogP contribution in [-0.4, -0.2) is 32.2 Å². The first-order valence-corrected chi connectivity index (χ1v) is 9.39. The smallest absolute Gasteiger partial charge is 0.320 e. The topological polar surface area (TPSA) is 63.1 Å². The van der Waals surface area contributed by atoms with E-state index in [0.29, 0.717) is 17.3 Å². The molecular weight excluding hydrogens is 428 g/mol. The third-order valence-corrected chi connectivity index (χ3v) is 5.25. The van der Waals surface area contributed by atoms with Gasteiger partial charge in [-0.05, 0) is 18.6 Å². The van der Waals surface area contributed by atoms with Gasteiger partial charge in [-0.25, -0.2) is 14.2 Å². The molecule has 12 heteroatoms. The lowest BCUT2D eigenvalue weighted by Crippen LogP contribution is -2.39. The summed E-state index contributed by atoms with van der Waals surface area (Å²) in [5, 5.41) is 6.44. The Morgan fingerprint density at radius 1 is 1.19 bits per heavy atom. The van der Waals surface area contributed by atoms with Crippen LogP contribution in [0.3, 0.4) is 0 Å². The Hall–Kier alpha value is -3.05. The van der Waals surface area contributed by atoms with Crippen molar-refractivity contribution in [2.75, 3.05) is 11.9 Å². The van der Waals surface area contributed by atoms with Crippen molar-refractivity contribution in [2.45, 2.75) is 44.5 Å². The summed E-state index contributed by atoms with van der Waals surface area (Å²) in [5.74, 6) is -5.22. The van der Waals surface area contributed by atoms with Gasteiger partial charge in [0.05, 0.1) is 18.8 Å². The van der Waals surface area contributed by atoms with E-state index in [1.165, 1.54) is 9.58 Å². The number of carbonyl (C=O) groups is 1. The van der Waals surface area contributed by atoms with Crippen molar-refractivity contribution in [3.8, 4) is 0 Å². The molecule has 166 valence electrons. The van der Waals surface area contributed by atoms with Gasteiger partial charge in [0.1, 0.15) is 11.5 Å². The van der Waals surface area contributed by atoms with Crippen molar-refractivity contribution in [2.24, 2.45) is 0 Å². The summed E-state index contributed by atoms with van der Waals surface area (Å²) in [6.45, 7) is 3.87. The number of hydrogen-bond acceptors (Lipinski definition) is 3. The highest BCUT2D eigenvalue weighted by atomic mass is 19.4. The quantitative estimate of drug-likeness (QED) is 0.521. The fourth-order valence-electron chi connectivity index (χ4n) is 3.77. The summed E-state index contributed by atoms with van der Waals surface area (Å²) in [4.78, 5) is 16.9. The monoisotopic (exact) mass is 445 g/mol. The number of fused-ring (bicyclic) bond motifs is 3. The lowest BCUT2D eigenvalue weighted by atomic mass is 10.00. The number of aromatic nitrogens is 3. The van der Waals surface area contributed by atoms with Crippen molar-refractivity contribution in [1.82, 2.24) is 19.7 Å². The van der Waals surface area contributed by atoms with Crippen LogP contribution in [0, 0.1) is 5.82 Å². The fraction of sp³-hybridized carbons (Fsp3) is 0.421. The standard InChI is InChI=1S/C19H17F6N5O/c1-10-4-6-18(21,22)16-11-9-29(7-5-13(11)28-30(16)8-10)17(31)27-14-3-2-12(20)15(26-14)19(23,24)25/h2-3H,1,4-9H2,(H,26,27,31). The van der Waals surface area contributed by atoms with Crippen LogP contribution in [0.15, 0.2) is 24.3 Å². The zero-order chi connectivity index (χ0) is 22.6. The van der Waals surface area contributed by atoms with Gasteiger partial charge in [0, 0.05) is 24.9 Å². The van der Waals surface area contributed by atoms with E-state index in [1.807, 2.05) is 0 Å². The van der Waals surface area contributed by atoms with Crippen molar-refractivity contribution < 1.29 is 31.1 Å². The number of carbonyl (C=O) groups excluding carboxylic acids is 1. The minimum Gasteiger partial charge on any atom is -0.320 e. The lowest BCUT2D eigenvalue weighted by molar-refractivity contribution is -0.143. The highest BCUT2D eigenvalue weighted by Crippen LogP contribution is 2.41. The van der Waals surface area contributed by atoms with Crippen LogP contribution in [-0.2, 0) is 31.6 Å². The minimum absolute atomic E-state index is 0.120. The zero-order valence-corrected chi connectivity index (χ0v) is 16.1. The molecule has 2 amide bonds. The number of alkyl halides is 5. The van der Waals surface area contributed by atoms with Crippen molar-refractivity contribution in [3.05, 3.63) is 52.7 Å². The molecule has 0 aromatic carbocycles. The molecule has 4 heterocycles. The highest BCUT2D eigenvalue weighted by molar-refractivity contribution is 5.88. The number of pyridine rings is 1. The maximum Gasteiger partial charge on any atom is 0.436 e. The molecule has 31 heavy (non-hydrogen) atoms. The largest absolute Gasteiger partial charge is 0.436 e. The molecule has 2 aromatic rings. The first-order chi connectivity index (χ1) is 14.5. The molecule has 2 aromatic heterocycles. The van der Waals surface area contributed by atoms with E-state index in [9.17, 15) is 31.1 Å². The number of amides is 2. The summed E-state index contributed by atoms with van der Waals surface area (Å²) < 4.78 is 82.6. The molecule has 0 saturated carbocycles. The maximum absolute atomic E-state index is 14.7. The molecular formula is C19H17F6N5O. The molecule has 6 nitrogen and oxygen atoms in total. The highest BCUT2D eigenvalue weighted by Gasteiger charge is 2.43. The molecule has 0 radical (unpaired) electrons. The van der Waals surface area contributed by atoms with Gasteiger partial charge in [-0.2, -0.15) is 27.1 Å². The van der Waals surface area contributed by atoms with Crippen LogP contribution in [0.4, 0.5) is 37.0 Å². The number of halogens is 6. The minimum atomic E-state index is -5.03. The second kappa shape index (κ2) is 7.27. The molecule has 1 N–H and O–H groups in total. The van der Waals surface area contributed by atoms with Gasteiger partial charge in [-0.3, -0.25) is 10.00 Å². The molecule has 2 aliphatic heterocycles. The Morgan fingerprint density at radius 3 is 2.65 bits per heavy atom. The average Bonchev–Trinajstić information content (AvgIpc) is 2.99.